The zero-order chi connectivity index (χ0) is 15.2. The van der Waals surface area contributed by atoms with E-state index < -0.39 is 0 Å². The Morgan fingerprint density at radius 2 is 1.71 bits per heavy atom. The molecule has 0 fully saturated rings. The largest absolute Gasteiger partial charge is 0.337 e. The Bertz CT molecular complexity index is 605. The maximum absolute atomic E-state index is 12.4. The van der Waals surface area contributed by atoms with Gasteiger partial charge < -0.3 is 10.6 Å². The quantitative estimate of drug-likeness (QED) is 0.916. The van der Waals surface area contributed by atoms with Gasteiger partial charge in [0.2, 0.25) is 0 Å². The van der Waals surface area contributed by atoms with E-state index in [2.05, 4.69) is 6.92 Å². The van der Waals surface area contributed by atoms with Crippen LogP contribution in [-0.4, -0.2) is 17.9 Å². The molecular weight excluding hydrogens is 260 g/mol. The summed E-state index contributed by atoms with van der Waals surface area (Å²) in [6.45, 7) is 3.21. The van der Waals surface area contributed by atoms with Crippen LogP contribution in [0.5, 0.6) is 0 Å². The van der Waals surface area contributed by atoms with Gasteiger partial charge in [-0.3, -0.25) is 4.79 Å². The van der Waals surface area contributed by atoms with Gasteiger partial charge in [-0.05, 0) is 35.2 Å². The molecule has 2 N–H and O–H groups in total. The van der Waals surface area contributed by atoms with Crippen LogP contribution >= 0.6 is 0 Å². The first-order valence-electron chi connectivity index (χ1n) is 7.26. The van der Waals surface area contributed by atoms with Gasteiger partial charge in [0.05, 0.1) is 0 Å². The van der Waals surface area contributed by atoms with E-state index in [9.17, 15) is 4.79 Å². The normalized spacial score (nSPS) is 10.4. The minimum absolute atomic E-state index is 0.0378. The van der Waals surface area contributed by atoms with Crippen molar-refractivity contribution in [1.82, 2.24) is 4.90 Å². The molecule has 0 aliphatic rings. The summed E-state index contributed by atoms with van der Waals surface area (Å²) in [6.07, 6.45) is 0.982. The van der Waals surface area contributed by atoms with Crippen molar-refractivity contribution in [3.05, 3.63) is 70.8 Å². The van der Waals surface area contributed by atoms with Crippen LogP contribution in [-0.2, 0) is 19.5 Å². The predicted octanol–water partition coefficient (Wildman–Crippen LogP) is 2.98. The van der Waals surface area contributed by atoms with E-state index in [0.29, 0.717) is 13.1 Å². The molecule has 2 rings (SSSR count). The molecule has 0 aliphatic heterocycles. The molecule has 21 heavy (non-hydrogen) atoms. The number of hydrogen-bond donors (Lipinski definition) is 1. The van der Waals surface area contributed by atoms with Gasteiger partial charge in [0, 0.05) is 25.7 Å². The maximum atomic E-state index is 12.4. The van der Waals surface area contributed by atoms with Gasteiger partial charge in [-0.15, -0.1) is 0 Å². The van der Waals surface area contributed by atoms with Crippen LogP contribution in [0.1, 0.15) is 34.0 Å². The van der Waals surface area contributed by atoms with E-state index in [1.165, 1.54) is 5.56 Å². The summed E-state index contributed by atoms with van der Waals surface area (Å²) in [6, 6.07) is 15.8. The first-order valence-corrected chi connectivity index (χ1v) is 7.26. The van der Waals surface area contributed by atoms with E-state index in [-0.39, 0.29) is 5.91 Å². The Hall–Kier alpha value is -2.13. The number of rotatable bonds is 5. The number of aryl methyl sites for hydroxylation is 1. The van der Waals surface area contributed by atoms with Gasteiger partial charge in [-0.25, -0.2) is 0 Å². The van der Waals surface area contributed by atoms with Gasteiger partial charge in [0.25, 0.3) is 5.91 Å². The standard InChI is InChI=1S/C18H22N2O/c1-3-14-7-9-17(10-8-14)18(21)20(2)13-16-6-4-5-15(11-16)12-19/h4-11H,3,12-13,19H2,1-2H3. The van der Waals surface area contributed by atoms with Crippen LogP contribution in [0.4, 0.5) is 0 Å². The predicted molar refractivity (Wildman–Crippen MR) is 86.0 cm³/mol. The summed E-state index contributed by atoms with van der Waals surface area (Å²) < 4.78 is 0. The molecule has 0 heterocycles. The Kier molecular flexibility index (Phi) is 5.12. The Balaban J connectivity index is 2.07. The number of hydrogen-bond acceptors (Lipinski definition) is 2. The van der Waals surface area contributed by atoms with Crippen LogP contribution < -0.4 is 5.73 Å². The number of benzene rings is 2. The molecule has 2 aromatic carbocycles. The van der Waals surface area contributed by atoms with Crippen LogP contribution in [0.15, 0.2) is 48.5 Å². The number of amides is 1. The van der Waals surface area contributed by atoms with Crippen molar-refractivity contribution in [3.63, 3.8) is 0 Å². The highest BCUT2D eigenvalue weighted by Gasteiger charge is 2.12. The summed E-state index contributed by atoms with van der Waals surface area (Å²) in [5, 5.41) is 0. The summed E-state index contributed by atoms with van der Waals surface area (Å²) in [5.74, 6) is 0.0378. The molecule has 110 valence electrons. The third kappa shape index (κ3) is 3.92. The maximum Gasteiger partial charge on any atom is 0.253 e. The van der Waals surface area contributed by atoms with Crippen molar-refractivity contribution in [3.8, 4) is 0 Å². The molecule has 0 aliphatic carbocycles. The highest BCUT2D eigenvalue weighted by Crippen LogP contribution is 2.11. The molecule has 3 heteroatoms. The summed E-state index contributed by atoms with van der Waals surface area (Å²) >= 11 is 0. The van der Waals surface area contributed by atoms with Crippen molar-refractivity contribution in [2.24, 2.45) is 5.73 Å². The molecule has 0 aromatic heterocycles. The summed E-state index contributed by atoms with van der Waals surface area (Å²) in [7, 11) is 1.82. The lowest BCUT2D eigenvalue weighted by molar-refractivity contribution is 0.0785. The third-order valence-electron chi connectivity index (χ3n) is 3.60. The smallest absolute Gasteiger partial charge is 0.253 e. The van der Waals surface area contributed by atoms with E-state index in [4.69, 9.17) is 5.73 Å². The second-order valence-electron chi connectivity index (χ2n) is 5.24. The fourth-order valence-electron chi connectivity index (χ4n) is 2.30. The lowest BCUT2D eigenvalue weighted by Crippen LogP contribution is -2.26. The molecule has 1 amide bonds. The van der Waals surface area contributed by atoms with Gasteiger partial charge in [-0.1, -0.05) is 43.3 Å². The lowest BCUT2D eigenvalue weighted by atomic mass is 10.1. The molecule has 0 atom stereocenters. The van der Waals surface area contributed by atoms with Gasteiger partial charge >= 0.3 is 0 Å². The first kappa shape index (κ1) is 15.3. The zero-order valence-corrected chi connectivity index (χ0v) is 12.7. The first-order chi connectivity index (χ1) is 10.1. The molecule has 0 radical (unpaired) electrons. The van der Waals surface area contributed by atoms with Crippen LogP contribution in [0, 0.1) is 0 Å². The highest BCUT2D eigenvalue weighted by molar-refractivity contribution is 5.94. The van der Waals surface area contributed by atoms with Gasteiger partial charge in [-0.2, -0.15) is 0 Å². The molecule has 0 saturated heterocycles. The van der Waals surface area contributed by atoms with Crippen molar-refractivity contribution < 1.29 is 4.79 Å². The molecule has 3 nitrogen and oxygen atoms in total. The van der Waals surface area contributed by atoms with Crippen molar-refractivity contribution in [1.29, 1.82) is 0 Å². The Labute approximate surface area is 126 Å². The van der Waals surface area contributed by atoms with Crippen LogP contribution in [0.2, 0.25) is 0 Å². The Morgan fingerprint density at radius 3 is 2.33 bits per heavy atom. The summed E-state index contributed by atoms with van der Waals surface area (Å²) in [5.41, 5.74) is 9.79. The number of nitrogens with two attached hydrogens (primary N) is 1. The average Bonchev–Trinajstić information content (AvgIpc) is 2.54. The van der Waals surface area contributed by atoms with E-state index in [1.54, 1.807) is 4.90 Å². The van der Waals surface area contributed by atoms with E-state index in [1.807, 2.05) is 55.6 Å². The second-order valence-corrected chi connectivity index (χ2v) is 5.24. The van der Waals surface area contributed by atoms with Crippen molar-refractivity contribution in [2.45, 2.75) is 26.4 Å². The summed E-state index contributed by atoms with van der Waals surface area (Å²) in [4.78, 5) is 14.1. The van der Waals surface area contributed by atoms with E-state index in [0.717, 1.165) is 23.1 Å². The van der Waals surface area contributed by atoms with Crippen LogP contribution in [0.25, 0.3) is 0 Å². The van der Waals surface area contributed by atoms with Gasteiger partial charge in [0.1, 0.15) is 0 Å². The minimum atomic E-state index is 0.0378. The van der Waals surface area contributed by atoms with Crippen molar-refractivity contribution in [2.75, 3.05) is 7.05 Å². The second kappa shape index (κ2) is 7.04. The fraction of sp³-hybridized carbons (Fsp3) is 0.278. The molecule has 0 spiro atoms. The lowest BCUT2D eigenvalue weighted by Gasteiger charge is -2.18. The number of carbonyl (C=O) groups excluding carboxylic acids is 1. The van der Waals surface area contributed by atoms with Gasteiger partial charge in [0.15, 0.2) is 0 Å². The molecule has 0 unspecified atom stereocenters. The molecular formula is C18H22N2O. The number of carbonyl (C=O) groups is 1. The molecule has 0 saturated carbocycles. The topological polar surface area (TPSA) is 46.3 Å². The van der Waals surface area contributed by atoms with Crippen molar-refractivity contribution >= 4 is 5.91 Å². The average molecular weight is 282 g/mol. The zero-order valence-electron chi connectivity index (χ0n) is 12.7. The molecule has 2 aromatic rings. The minimum Gasteiger partial charge on any atom is -0.337 e. The van der Waals surface area contributed by atoms with E-state index >= 15 is 0 Å². The van der Waals surface area contributed by atoms with Crippen LogP contribution in [0.3, 0.4) is 0 Å². The Morgan fingerprint density at radius 1 is 1.05 bits per heavy atom. The third-order valence-corrected chi connectivity index (χ3v) is 3.60. The molecule has 0 bridgehead atoms. The monoisotopic (exact) mass is 282 g/mol. The number of nitrogens with zero attached hydrogens (tertiary/aromatic N) is 1. The fourth-order valence-corrected chi connectivity index (χ4v) is 2.30. The SMILES string of the molecule is CCc1ccc(C(=O)N(C)Cc2cccc(CN)c2)cc1. The highest BCUT2D eigenvalue weighted by atomic mass is 16.2.